The van der Waals surface area contributed by atoms with Crippen molar-refractivity contribution >= 4 is 16.8 Å². The van der Waals surface area contributed by atoms with Gasteiger partial charge in [-0.25, -0.2) is 0 Å². The van der Waals surface area contributed by atoms with Crippen LogP contribution in [0, 0.1) is 0 Å². The Bertz CT molecular complexity index is 806. The summed E-state index contributed by atoms with van der Waals surface area (Å²) in [4.78, 5) is 39.6. The first-order chi connectivity index (χ1) is 14.5. The molecule has 2 atom stereocenters. The van der Waals surface area contributed by atoms with Crippen LogP contribution in [0.4, 0.5) is 0 Å². The molecular weight excluding hydrogens is 418 g/mol. The minimum atomic E-state index is -2.23. The van der Waals surface area contributed by atoms with Crippen LogP contribution in [0.3, 0.4) is 0 Å². The lowest BCUT2D eigenvalue weighted by molar-refractivity contribution is 0.445. The van der Waals surface area contributed by atoms with Crippen molar-refractivity contribution in [3.05, 3.63) is 107 Å². The summed E-state index contributed by atoms with van der Waals surface area (Å²) in [7, 11) is -4.46. The molecule has 2 unspecified atom stereocenters. The molecule has 0 fully saturated rings. The Kier molecular flexibility index (Phi) is 8.88. The molecule has 0 saturated carbocycles. The van der Waals surface area contributed by atoms with E-state index in [0.717, 1.165) is 22.3 Å². The number of hydrogen-bond acceptors (Lipinski definition) is 6. The average Bonchev–Trinajstić information content (AvgIpc) is 2.76. The fraction of sp³-hybridized carbons (Fsp3) is 0.182. The number of nitrogens with one attached hydrogen (secondary N) is 2. The summed E-state index contributed by atoms with van der Waals surface area (Å²) in [5.41, 5.74) is 3.56. The van der Waals surface area contributed by atoms with E-state index in [1.54, 1.807) is 24.3 Å². The molecule has 3 aromatic rings. The fourth-order valence-electron chi connectivity index (χ4n) is 3.15. The molecule has 0 aliphatic heterocycles. The maximum atomic E-state index is 9.89. The second-order valence-electron chi connectivity index (χ2n) is 6.85. The van der Waals surface area contributed by atoms with Gasteiger partial charge in [0.15, 0.2) is 16.8 Å². The van der Waals surface area contributed by atoms with Crippen LogP contribution >= 0.6 is 16.8 Å². The van der Waals surface area contributed by atoms with Crippen LogP contribution in [-0.2, 0) is 13.1 Å². The van der Waals surface area contributed by atoms with Crippen molar-refractivity contribution in [3.8, 4) is 0 Å². The number of benzene rings is 3. The lowest BCUT2D eigenvalue weighted by Gasteiger charge is -2.23. The van der Waals surface area contributed by atoms with Gasteiger partial charge in [-0.15, -0.1) is 0 Å². The SMILES string of the molecule is OP(O)C(NCc1ccccc1)c1ccc(C(NCc2ccccc2)P(O)O)cc1. The first kappa shape index (κ1) is 23.0. The zero-order chi connectivity index (χ0) is 21.3. The first-order valence-corrected chi connectivity index (χ1v) is 12.2. The third-order valence-electron chi connectivity index (χ3n) is 4.71. The van der Waals surface area contributed by atoms with Crippen LogP contribution in [0.2, 0.25) is 0 Å². The minimum Gasteiger partial charge on any atom is -0.349 e. The molecule has 0 aromatic heterocycles. The lowest BCUT2D eigenvalue weighted by atomic mass is 10.1. The molecule has 6 N–H and O–H groups in total. The summed E-state index contributed by atoms with van der Waals surface area (Å²) in [5, 5.41) is 6.38. The van der Waals surface area contributed by atoms with Crippen LogP contribution in [0.25, 0.3) is 0 Å². The summed E-state index contributed by atoms with van der Waals surface area (Å²) in [6.45, 7) is 1.01. The molecule has 0 aliphatic rings. The van der Waals surface area contributed by atoms with E-state index >= 15 is 0 Å². The van der Waals surface area contributed by atoms with Gasteiger partial charge in [0.1, 0.15) is 11.6 Å². The van der Waals surface area contributed by atoms with Crippen molar-refractivity contribution in [3.63, 3.8) is 0 Å². The molecule has 8 heteroatoms. The third kappa shape index (κ3) is 6.64. The highest BCUT2D eigenvalue weighted by atomic mass is 31.2. The molecule has 3 rings (SSSR count). The van der Waals surface area contributed by atoms with E-state index < -0.39 is 28.3 Å². The third-order valence-corrected chi connectivity index (χ3v) is 6.60. The van der Waals surface area contributed by atoms with Crippen LogP contribution in [0.1, 0.15) is 33.8 Å². The molecular formula is C22H26N2O4P2. The molecule has 3 aromatic carbocycles. The Morgan fingerprint density at radius 1 is 0.533 bits per heavy atom. The average molecular weight is 444 g/mol. The van der Waals surface area contributed by atoms with Crippen molar-refractivity contribution < 1.29 is 19.6 Å². The first-order valence-electron chi connectivity index (χ1n) is 9.53. The van der Waals surface area contributed by atoms with E-state index in [2.05, 4.69) is 10.6 Å². The Hall–Kier alpha value is -1.72. The standard InChI is InChI=1S/C22H26N2O4P2/c25-29(26)21(23-15-17-7-3-1-4-8-17)19-11-13-20(14-12-19)22(30(27)28)24-16-18-9-5-2-6-10-18/h1-14,21-28H,15-16H2. The van der Waals surface area contributed by atoms with Gasteiger partial charge < -0.3 is 19.6 Å². The molecule has 0 aliphatic carbocycles. The zero-order valence-corrected chi connectivity index (χ0v) is 18.1. The van der Waals surface area contributed by atoms with Crippen molar-refractivity contribution in [2.45, 2.75) is 24.7 Å². The quantitative estimate of drug-likeness (QED) is 0.266. The summed E-state index contributed by atoms with van der Waals surface area (Å²) >= 11 is 0. The summed E-state index contributed by atoms with van der Waals surface area (Å²) < 4.78 is 0. The fourth-order valence-corrected chi connectivity index (χ4v) is 4.53. The van der Waals surface area contributed by atoms with Crippen LogP contribution in [-0.4, -0.2) is 19.6 Å². The smallest absolute Gasteiger partial charge is 0.188 e. The molecule has 30 heavy (non-hydrogen) atoms. The highest BCUT2D eigenvalue weighted by Gasteiger charge is 2.23. The summed E-state index contributed by atoms with van der Waals surface area (Å²) in [5.74, 6) is -1.20. The molecule has 0 heterocycles. The van der Waals surface area contributed by atoms with Gasteiger partial charge in [0.2, 0.25) is 0 Å². The molecule has 0 saturated heterocycles. The summed E-state index contributed by atoms with van der Waals surface area (Å²) in [6, 6.07) is 26.6. The van der Waals surface area contributed by atoms with Crippen molar-refractivity contribution in [2.24, 2.45) is 0 Å². The van der Waals surface area contributed by atoms with Crippen LogP contribution < -0.4 is 10.6 Å². The minimum absolute atomic E-state index is 0.507. The topological polar surface area (TPSA) is 105 Å². The normalized spacial score (nSPS) is 13.5. The predicted molar refractivity (Wildman–Crippen MR) is 121 cm³/mol. The molecule has 0 spiro atoms. The van der Waals surface area contributed by atoms with Crippen LogP contribution in [0.5, 0.6) is 0 Å². The zero-order valence-electron chi connectivity index (χ0n) is 16.3. The van der Waals surface area contributed by atoms with E-state index in [1.807, 2.05) is 60.7 Å². The lowest BCUT2D eigenvalue weighted by Crippen LogP contribution is -2.21. The largest absolute Gasteiger partial charge is 0.349 e. The van der Waals surface area contributed by atoms with Crippen molar-refractivity contribution in [1.29, 1.82) is 0 Å². The van der Waals surface area contributed by atoms with Gasteiger partial charge in [-0.05, 0) is 22.3 Å². The number of hydrogen-bond donors (Lipinski definition) is 6. The monoisotopic (exact) mass is 444 g/mol. The van der Waals surface area contributed by atoms with E-state index in [-0.39, 0.29) is 0 Å². The van der Waals surface area contributed by atoms with E-state index in [9.17, 15) is 19.6 Å². The highest BCUT2D eigenvalue weighted by molar-refractivity contribution is 7.45. The predicted octanol–water partition coefficient (Wildman–Crippen LogP) is 3.86. The maximum Gasteiger partial charge on any atom is 0.188 e. The second kappa shape index (κ2) is 11.6. The maximum absolute atomic E-state index is 9.89. The molecule has 0 radical (unpaired) electrons. The highest BCUT2D eigenvalue weighted by Crippen LogP contribution is 2.44. The molecule has 158 valence electrons. The van der Waals surface area contributed by atoms with Gasteiger partial charge in [0.05, 0.1) is 0 Å². The van der Waals surface area contributed by atoms with Crippen molar-refractivity contribution in [2.75, 3.05) is 0 Å². The van der Waals surface area contributed by atoms with E-state index in [1.165, 1.54) is 0 Å². The molecule has 0 bridgehead atoms. The molecule has 6 nitrogen and oxygen atoms in total. The number of rotatable bonds is 10. The van der Waals surface area contributed by atoms with Crippen LogP contribution in [0.15, 0.2) is 84.9 Å². The Balaban J connectivity index is 1.68. The second-order valence-corrected chi connectivity index (χ2v) is 9.16. The van der Waals surface area contributed by atoms with Gasteiger partial charge in [-0.2, -0.15) is 0 Å². The Labute approximate surface area is 179 Å². The Morgan fingerprint density at radius 2 is 0.867 bits per heavy atom. The molecule has 0 amide bonds. The van der Waals surface area contributed by atoms with Gasteiger partial charge >= 0.3 is 0 Å². The van der Waals surface area contributed by atoms with Gasteiger partial charge in [0.25, 0.3) is 0 Å². The van der Waals surface area contributed by atoms with Gasteiger partial charge in [0, 0.05) is 13.1 Å². The van der Waals surface area contributed by atoms with Gasteiger partial charge in [-0.1, -0.05) is 84.9 Å². The van der Waals surface area contributed by atoms with E-state index in [4.69, 9.17) is 0 Å². The van der Waals surface area contributed by atoms with E-state index in [0.29, 0.717) is 13.1 Å². The summed E-state index contributed by atoms with van der Waals surface area (Å²) in [6.07, 6.45) is 0. The van der Waals surface area contributed by atoms with Gasteiger partial charge in [-0.3, -0.25) is 10.6 Å². The Morgan fingerprint density at radius 3 is 1.17 bits per heavy atom. The van der Waals surface area contributed by atoms with Crippen molar-refractivity contribution in [1.82, 2.24) is 10.6 Å².